The zero-order valence-corrected chi connectivity index (χ0v) is 12.1. The Kier molecular flexibility index (Phi) is 5.12. The average Bonchev–Trinajstić information content (AvgIpc) is 2.88. The Balaban J connectivity index is 1.87. The lowest BCUT2D eigenvalue weighted by Crippen LogP contribution is -2.11. The molecule has 1 aromatic carbocycles. The van der Waals surface area contributed by atoms with E-state index >= 15 is 0 Å². The van der Waals surface area contributed by atoms with Crippen LogP contribution in [0.5, 0.6) is 5.75 Å². The van der Waals surface area contributed by atoms with E-state index in [4.69, 9.17) is 10.5 Å². The van der Waals surface area contributed by atoms with Crippen molar-refractivity contribution in [1.82, 2.24) is 15.0 Å². The zero-order chi connectivity index (χ0) is 14.4. The molecule has 1 aromatic heterocycles. The molecule has 0 aliphatic rings. The number of nitrogens with two attached hydrogens (primary N) is 1. The van der Waals surface area contributed by atoms with E-state index < -0.39 is 0 Å². The molecule has 0 bridgehead atoms. The van der Waals surface area contributed by atoms with Crippen molar-refractivity contribution in [2.75, 3.05) is 6.61 Å². The van der Waals surface area contributed by atoms with Crippen LogP contribution in [0.15, 0.2) is 30.3 Å². The van der Waals surface area contributed by atoms with E-state index in [1.54, 1.807) is 0 Å². The summed E-state index contributed by atoms with van der Waals surface area (Å²) in [5.41, 5.74) is 7.72. The molecule has 5 heteroatoms. The third-order valence-corrected chi connectivity index (χ3v) is 3.11. The number of rotatable bonds is 7. The van der Waals surface area contributed by atoms with Gasteiger partial charge in [-0.1, -0.05) is 37.3 Å². The van der Waals surface area contributed by atoms with E-state index in [0.717, 1.165) is 30.1 Å². The van der Waals surface area contributed by atoms with E-state index in [1.165, 1.54) is 0 Å². The van der Waals surface area contributed by atoms with Gasteiger partial charge in [-0.2, -0.15) is 0 Å². The maximum absolute atomic E-state index is 5.69. The third kappa shape index (κ3) is 3.57. The molecule has 2 N–H and O–H groups in total. The molecule has 0 aliphatic carbocycles. The Bertz CT molecular complexity index is 522. The Morgan fingerprint density at radius 2 is 2.00 bits per heavy atom. The van der Waals surface area contributed by atoms with Gasteiger partial charge in [0.2, 0.25) is 0 Å². The maximum atomic E-state index is 5.69. The Morgan fingerprint density at radius 3 is 2.65 bits per heavy atom. The summed E-state index contributed by atoms with van der Waals surface area (Å²) >= 11 is 0. The van der Waals surface area contributed by atoms with E-state index in [0.29, 0.717) is 19.1 Å². The molecule has 0 amide bonds. The largest absolute Gasteiger partial charge is 0.494 e. The van der Waals surface area contributed by atoms with Gasteiger partial charge in [-0.05, 0) is 18.1 Å². The highest BCUT2D eigenvalue weighted by atomic mass is 16.5. The second-order valence-electron chi connectivity index (χ2n) is 5.02. The van der Waals surface area contributed by atoms with Crippen molar-refractivity contribution < 1.29 is 4.74 Å². The summed E-state index contributed by atoms with van der Waals surface area (Å²) in [6, 6.07) is 9.84. The topological polar surface area (TPSA) is 66.0 Å². The van der Waals surface area contributed by atoms with Gasteiger partial charge >= 0.3 is 0 Å². The smallest absolute Gasteiger partial charge is 0.119 e. The molecule has 0 fully saturated rings. The van der Waals surface area contributed by atoms with E-state index in [9.17, 15) is 0 Å². The minimum atomic E-state index is 0.374. The van der Waals surface area contributed by atoms with Gasteiger partial charge in [0, 0.05) is 19.5 Å². The van der Waals surface area contributed by atoms with Crippen LogP contribution in [0.4, 0.5) is 0 Å². The molecule has 2 rings (SSSR count). The third-order valence-electron chi connectivity index (χ3n) is 3.11. The Morgan fingerprint density at radius 1 is 1.25 bits per heavy atom. The number of hydrogen-bond acceptors (Lipinski definition) is 4. The number of aryl methyl sites for hydroxylation is 1. The minimum absolute atomic E-state index is 0.374. The molecule has 5 nitrogen and oxygen atoms in total. The highest BCUT2D eigenvalue weighted by Gasteiger charge is 2.14. The molecule has 20 heavy (non-hydrogen) atoms. The van der Waals surface area contributed by atoms with Gasteiger partial charge < -0.3 is 10.5 Å². The molecule has 2 aromatic rings. The van der Waals surface area contributed by atoms with Crippen molar-refractivity contribution in [3.63, 3.8) is 0 Å². The van der Waals surface area contributed by atoms with Crippen LogP contribution in [0.1, 0.15) is 37.6 Å². The quantitative estimate of drug-likeness (QED) is 0.787. The van der Waals surface area contributed by atoms with Gasteiger partial charge in [-0.3, -0.25) is 0 Å². The van der Waals surface area contributed by atoms with Crippen molar-refractivity contribution in [3.8, 4) is 5.75 Å². The lowest BCUT2D eigenvalue weighted by atomic mass is 10.1. The number of nitrogens with zero attached hydrogens (tertiary/aromatic N) is 3. The predicted molar refractivity (Wildman–Crippen MR) is 78.6 cm³/mol. The summed E-state index contributed by atoms with van der Waals surface area (Å²) < 4.78 is 7.62. The van der Waals surface area contributed by atoms with Crippen LogP contribution in [0.3, 0.4) is 0 Å². The number of para-hydroxylation sites is 1. The summed E-state index contributed by atoms with van der Waals surface area (Å²) in [6.45, 7) is 6.17. The average molecular weight is 274 g/mol. The lowest BCUT2D eigenvalue weighted by molar-refractivity contribution is 0.296. The lowest BCUT2D eigenvalue weighted by Gasteiger charge is -2.11. The normalized spacial score (nSPS) is 11.0. The van der Waals surface area contributed by atoms with Gasteiger partial charge in [0.05, 0.1) is 18.0 Å². The fourth-order valence-electron chi connectivity index (χ4n) is 2.22. The number of ether oxygens (including phenoxy) is 1. The predicted octanol–water partition coefficient (Wildman–Crippen LogP) is 2.33. The van der Waals surface area contributed by atoms with Crippen LogP contribution < -0.4 is 10.5 Å². The molecule has 0 spiro atoms. The number of hydrogen-bond donors (Lipinski definition) is 1. The first-order valence-electron chi connectivity index (χ1n) is 7.02. The monoisotopic (exact) mass is 274 g/mol. The van der Waals surface area contributed by atoms with Crippen molar-refractivity contribution in [3.05, 3.63) is 41.7 Å². The fourth-order valence-corrected chi connectivity index (χ4v) is 2.22. The summed E-state index contributed by atoms with van der Waals surface area (Å²) in [6.07, 6.45) is 0.891. The van der Waals surface area contributed by atoms with Gasteiger partial charge in [0.25, 0.3) is 0 Å². The number of aromatic nitrogens is 3. The second-order valence-corrected chi connectivity index (χ2v) is 5.02. The van der Waals surface area contributed by atoms with Crippen molar-refractivity contribution in [2.45, 2.75) is 39.3 Å². The molecule has 1 heterocycles. The van der Waals surface area contributed by atoms with Gasteiger partial charge in [-0.15, -0.1) is 5.10 Å². The van der Waals surface area contributed by atoms with Gasteiger partial charge in [0.1, 0.15) is 5.75 Å². The second kappa shape index (κ2) is 7.05. The van der Waals surface area contributed by atoms with Crippen molar-refractivity contribution in [1.29, 1.82) is 0 Å². The van der Waals surface area contributed by atoms with Crippen LogP contribution in [-0.4, -0.2) is 21.6 Å². The Hall–Kier alpha value is -1.88. The van der Waals surface area contributed by atoms with Gasteiger partial charge in [0.15, 0.2) is 0 Å². The molecule has 0 saturated carbocycles. The van der Waals surface area contributed by atoms with E-state index in [1.807, 2.05) is 35.0 Å². The summed E-state index contributed by atoms with van der Waals surface area (Å²) in [7, 11) is 0. The van der Waals surface area contributed by atoms with Crippen LogP contribution in [0, 0.1) is 0 Å². The van der Waals surface area contributed by atoms with Crippen LogP contribution in [-0.2, 0) is 13.1 Å². The fraction of sp³-hybridized carbons (Fsp3) is 0.467. The van der Waals surface area contributed by atoms with Crippen LogP contribution >= 0.6 is 0 Å². The SMILES string of the molecule is CC(C)c1c(CN)nnn1CCCOc1ccccc1. The van der Waals surface area contributed by atoms with Crippen LogP contribution in [0.2, 0.25) is 0 Å². The first-order valence-corrected chi connectivity index (χ1v) is 7.02. The molecule has 0 radical (unpaired) electrons. The zero-order valence-electron chi connectivity index (χ0n) is 12.1. The highest BCUT2D eigenvalue weighted by Crippen LogP contribution is 2.17. The molecule has 0 atom stereocenters. The maximum Gasteiger partial charge on any atom is 0.119 e. The molecule has 108 valence electrons. The molecule has 0 aliphatic heterocycles. The number of benzene rings is 1. The van der Waals surface area contributed by atoms with E-state index in [2.05, 4.69) is 24.2 Å². The summed E-state index contributed by atoms with van der Waals surface area (Å²) in [5, 5.41) is 8.32. The standard InChI is InChI=1S/C15H22N4O/c1-12(2)15-14(11-16)17-18-19(15)9-6-10-20-13-7-4-3-5-8-13/h3-5,7-8,12H,6,9-11,16H2,1-2H3. The first kappa shape index (κ1) is 14.5. The van der Waals surface area contributed by atoms with Crippen molar-refractivity contribution >= 4 is 0 Å². The molecular formula is C15H22N4O. The molecule has 0 unspecified atom stereocenters. The molecular weight excluding hydrogens is 252 g/mol. The summed E-state index contributed by atoms with van der Waals surface area (Å²) in [4.78, 5) is 0. The first-order chi connectivity index (χ1) is 9.72. The summed E-state index contributed by atoms with van der Waals surface area (Å²) in [5.74, 6) is 1.27. The Labute approximate surface area is 119 Å². The van der Waals surface area contributed by atoms with Crippen LogP contribution in [0.25, 0.3) is 0 Å². The van der Waals surface area contributed by atoms with Gasteiger partial charge in [-0.25, -0.2) is 4.68 Å². The van der Waals surface area contributed by atoms with Crippen molar-refractivity contribution in [2.24, 2.45) is 5.73 Å². The van der Waals surface area contributed by atoms with E-state index in [-0.39, 0.29) is 0 Å². The minimum Gasteiger partial charge on any atom is -0.494 e. The highest BCUT2D eigenvalue weighted by molar-refractivity contribution is 5.20. The molecule has 0 saturated heterocycles.